The molecule has 1 aliphatic heterocycles. The number of hydrogen-bond donors (Lipinski definition) is 1. The van der Waals surface area contributed by atoms with Crippen molar-refractivity contribution in [1.82, 2.24) is 14.8 Å². The van der Waals surface area contributed by atoms with Crippen molar-refractivity contribution in [3.63, 3.8) is 0 Å². The van der Waals surface area contributed by atoms with E-state index >= 15 is 0 Å². The standard InChI is InChI=1S/C21H30N4OS.2ClH/c1-17-23-20(16-27-17)15-24-12-8-19(9-13-24)21(26)25(11-5-10-22)14-18-6-3-2-4-7-18;;/h2-4,6-7,16,19H,5,8-15,22H2,1H3;2*1H. The average molecular weight is 459 g/mol. The monoisotopic (exact) mass is 458 g/mol. The number of rotatable bonds is 8. The number of carbonyl (C=O) groups is 1. The van der Waals surface area contributed by atoms with Gasteiger partial charge in [0.15, 0.2) is 0 Å². The third-order valence-corrected chi connectivity index (χ3v) is 5.97. The van der Waals surface area contributed by atoms with Crippen LogP contribution in [0.4, 0.5) is 0 Å². The van der Waals surface area contributed by atoms with Crippen LogP contribution < -0.4 is 5.73 Å². The Morgan fingerprint density at radius 2 is 1.93 bits per heavy atom. The van der Waals surface area contributed by atoms with Gasteiger partial charge in [-0.05, 0) is 51.4 Å². The molecule has 5 nitrogen and oxygen atoms in total. The first-order valence-electron chi connectivity index (χ1n) is 9.82. The van der Waals surface area contributed by atoms with Crippen molar-refractivity contribution in [3.8, 4) is 0 Å². The van der Waals surface area contributed by atoms with E-state index in [0.717, 1.165) is 56.1 Å². The first kappa shape index (κ1) is 25.9. The van der Waals surface area contributed by atoms with Crippen LogP contribution in [0, 0.1) is 12.8 Å². The molecule has 0 spiro atoms. The Morgan fingerprint density at radius 1 is 1.24 bits per heavy atom. The van der Waals surface area contributed by atoms with E-state index in [4.69, 9.17) is 5.73 Å². The molecular weight excluding hydrogens is 427 g/mol. The quantitative estimate of drug-likeness (QED) is 0.651. The second-order valence-corrected chi connectivity index (χ2v) is 8.36. The van der Waals surface area contributed by atoms with E-state index < -0.39 is 0 Å². The predicted molar refractivity (Wildman–Crippen MR) is 125 cm³/mol. The fourth-order valence-electron chi connectivity index (χ4n) is 3.66. The van der Waals surface area contributed by atoms with Gasteiger partial charge < -0.3 is 10.6 Å². The molecule has 0 saturated carbocycles. The van der Waals surface area contributed by atoms with Gasteiger partial charge in [0.1, 0.15) is 0 Å². The third kappa shape index (κ3) is 7.87. The van der Waals surface area contributed by atoms with Crippen molar-refractivity contribution < 1.29 is 4.79 Å². The predicted octanol–water partition coefficient (Wildman–Crippen LogP) is 3.88. The highest BCUT2D eigenvalue weighted by Crippen LogP contribution is 2.22. The molecule has 1 amide bonds. The summed E-state index contributed by atoms with van der Waals surface area (Å²) in [7, 11) is 0. The number of carbonyl (C=O) groups excluding carboxylic acids is 1. The molecule has 2 heterocycles. The number of thiazole rings is 1. The second-order valence-electron chi connectivity index (χ2n) is 7.30. The number of amides is 1. The second kappa shape index (κ2) is 13.2. The van der Waals surface area contributed by atoms with Crippen molar-refractivity contribution in [2.45, 2.75) is 39.3 Å². The summed E-state index contributed by atoms with van der Waals surface area (Å²) < 4.78 is 0. The number of nitrogens with zero attached hydrogens (tertiary/aromatic N) is 3. The van der Waals surface area contributed by atoms with Gasteiger partial charge >= 0.3 is 0 Å². The fraction of sp³-hybridized carbons (Fsp3) is 0.524. The Morgan fingerprint density at radius 3 is 2.52 bits per heavy atom. The van der Waals surface area contributed by atoms with E-state index in [1.807, 2.05) is 30.0 Å². The maximum atomic E-state index is 13.1. The Labute approximate surface area is 190 Å². The summed E-state index contributed by atoms with van der Waals surface area (Å²) in [4.78, 5) is 22.1. The van der Waals surface area contributed by atoms with Gasteiger partial charge in [0.2, 0.25) is 5.91 Å². The molecule has 3 rings (SSSR count). The number of piperidine rings is 1. The zero-order valence-electron chi connectivity index (χ0n) is 17.0. The first-order chi connectivity index (χ1) is 13.2. The van der Waals surface area contributed by atoms with Crippen LogP contribution in [-0.2, 0) is 17.9 Å². The molecule has 1 aromatic heterocycles. The SMILES string of the molecule is Cc1nc(CN2CCC(C(=O)N(CCCN)Cc3ccccc3)CC2)cs1.Cl.Cl. The normalized spacial score (nSPS) is 14.7. The molecule has 0 aliphatic carbocycles. The molecule has 2 aromatic rings. The molecule has 162 valence electrons. The van der Waals surface area contributed by atoms with Crippen molar-refractivity contribution in [1.29, 1.82) is 0 Å². The topological polar surface area (TPSA) is 62.5 Å². The largest absolute Gasteiger partial charge is 0.338 e. The summed E-state index contributed by atoms with van der Waals surface area (Å²) in [6.07, 6.45) is 2.70. The number of likely N-dealkylation sites (tertiary alicyclic amines) is 1. The molecule has 0 atom stereocenters. The van der Waals surface area contributed by atoms with Crippen molar-refractivity contribution in [2.75, 3.05) is 26.2 Å². The summed E-state index contributed by atoms with van der Waals surface area (Å²) >= 11 is 1.70. The molecule has 29 heavy (non-hydrogen) atoms. The van der Waals surface area contributed by atoms with Gasteiger partial charge in [-0.2, -0.15) is 0 Å². The Balaban J connectivity index is 0.00000210. The van der Waals surface area contributed by atoms with Gasteiger partial charge in [-0.3, -0.25) is 9.69 Å². The van der Waals surface area contributed by atoms with Crippen LogP contribution in [0.5, 0.6) is 0 Å². The average Bonchev–Trinajstić information content (AvgIpc) is 3.10. The summed E-state index contributed by atoms with van der Waals surface area (Å²) in [5, 5.41) is 3.26. The number of aryl methyl sites for hydroxylation is 1. The van der Waals surface area contributed by atoms with Gasteiger partial charge in [-0.1, -0.05) is 30.3 Å². The highest BCUT2D eigenvalue weighted by molar-refractivity contribution is 7.09. The molecule has 1 aromatic carbocycles. The third-order valence-electron chi connectivity index (χ3n) is 5.15. The lowest BCUT2D eigenvalue weighted by Crippen LogP contribution is -2.42. The molecular formula is C21H32Cl2N4OS. The molecule has 1 fully saturated rings. The van der Waals surface area contributed by atoms with Gasteiger partial charge in [0.05, 0.1) is 10.7 Å². The minimum Gasteiger partial charge on any atom is -0.338 e. The Bertz CT molecular complexity index is 720. The number of aromatic nitrogens is 1. The maximum Gasteiger partial charge on any atom is 0.226 e. The highest BCUT2D eigenvalue weighted by atomic mass is 35.5. The van der Waals surface area contributed by atoms with Gasteiger partial charge in [0, 0.05) is 30.9 Å². The molecule has 1 saturated heterocycles. The fourth-order valence-corrected chi connectivity index (χ4v) is 4.26. The van der Waals surface area contributed by atoms with Crippen LogP contribution in [0.15, 0.2) is 35.7 Å². The molecule has 8 heteroatoms. The lowest BCUT2D eigenvalue weighted by Gasteiger charge is -2.34. The molecule has 0 bridgehead atoms. The van der Waals surface area contributed by atoms with Gasteiger partial charge in [0.25, 0.3) is 0 Å². The van der Waals surface area contributed by atoms with Crippen molar-refractivity contribution in [3.05, 3.63) is 52.0 Å². The molecule has 2 N–H and O–H groups in total. The van der Waals surface area contributed by atoms with Crippen LogP contribution in [-0.4, -0.2) is 46.9 Å². The molecule has 1 aliphatic rings. The lowest BCUT2D eigenvalue weighted by molar-refractivity contribution is -0.137. The van der Waals surface area contributed by atoms with Crippen molar-refractivity contribution >= 4 is 42.1 Å². The lowest BCUT2D eigenvalue weighted by atomic mass is 9.94. The van der Waals surface area contributed by atoms with Crippen LogP contribution in [0.3, 0.4) is 0 Å². The van der Waals surface area contributed by atoms with Crippen LogP contribution in [0.25, 0.3) is 0 Å². The maximum absolute atomic E-state index is 13.1. The Kier molecular flexibility index (Phi) is 11.8. The van der Waals surface area contributed by atoms with E-state index in [9.17, 15) is 4.79 Å². The van der Waals surface area contributed by atoms with E-state index in [0.29, 0.717) is 13.1 Å². The van der Waals surface area contributed by atoms with E-state index in [-0.39, 0.29) is 36.6 Å². The van der Waals surface area contributed by atoms with E-state index in [2.05, 4.69) is 27.4 Å². The number of halogens is 2. The van der Waals surface area contributed by atoms with E-state index in [1.54, 1.807) is 11.3 Å². The number of hydrogen-bond acceptors (Lipinski definition) is 5. The van der Waals surface area contributed by atoms with Crippen molar-refractivity contribution in [2.24, 2.45) is 11.7 Å². The Hall–Kier alpha value is -1.18. The van der Waals surface area contributed by atoms with Gasteiger partial charge in [-0.15, -0.1) is 36.2 Å². The zero-order chi connectivity index (χ0) is 19.1. The van der Waals surface area contributed by atoms with E-state index in [1.165, 1.54) is 5.56 Å². The molecule has 0 unspecified atom stereocenters. The van der Waals surface area contributed by atoms with Gasteiger partial charge in [-0.25, -0.2) is 4.98 Å². The minimum atomic E-state index is 0. The summed E-state index contributed by atoms with van der Waals surface area (Å²) in [5.74, 6) is 0.413. The summed E-state index contributed by atoms with van der Waals surface area (Å²) in [5.41, 5.74) is 8.02. The smallest absolute Gasteiger partial charge is 0.226 e. The van der Waals surface area contributed by atoms with Crippen LogP contribution >= 0.6 is 36.2 Å². The zero-order valence-corrected chi connectivity index (χ0v) is 19.4. The number of nitrogens with two attached hydrogens (primary N) is 1. The molecule has 0 radical (unpaired) electrons. The number of benzene rings is 1. The minimum absolute atomic E-state index is 0. The first-order valence-corrected chi connectivity index (χ1v) is 10.7. The summed E-state index contributed by atoms with van der Waals surface area (Å²) in [6.45, 7) is 6.89. The van der Waals surface area contributed by atoms with Crippen LogP contribution in [0.2, 0.25) is 0 Å². The van der Waals surface area contributed by atoms with Crippen LogP contribution in [0.1, 0.15) is 35.5 Å². The highest BCUT2D eigenvalue weighted by Gasteiger charge is 2.28. The summed E-state index contributed by atoms with van der Waals surface area (Å²) in [6, 6.07) is 10.2.